The number of aromatic amines is 1. The van der Waals surface area contributed by atoms with E-state index in [2.05, 4.69) is 15.5 Å². The Kier molecular flexibility index (Phi) is 5.89. The van der Waals surface area contributed by atoms with Crippen molar-refractivity contribution in [2.75, 3.05) is 19.6 Å². The van der Waals surface area contributed by atoms with E-state index in [0.29, 0.717) is 48.6 Å². The van der Waals surface area contributed by atoms with Crippen molar-refractivity contribution in [1.29, 1.82) is 0 Å². The molecule has 1 aromatic heterocycles. The van der Waals surface area contributed by atoms with Crippen LogP contribution in [0, 0.1) is 17.7 Å². The molecule has 7 nitrogen and oxygen atoms in total. The van der Waals surface area contributed by atoms with Crippen molar-refractivity contribution < 1.29 is 14.0 Å². The Morgan fingerprint density at radius 1 is 1.18 bits per heavy atom. The van der Waals surface area contributed by atoms with E-state index < -0.39 is 11.7 Å². The fraction of sp³-hybridized carbons (Fsp3) is 0.385. The second-order valence-electron chi connectivity index (χ2n) is 9.37. The molecule has 1 saturated heterocycles. The number of hydrogen-bond donors (Lipinski definition) is 2. The van der Waals surface area contributed by atoms with Crippen LogP contribution in [0.3, 0.4) is 0 Å². The van der Waals surface area contributed by atoms with Gasteiger partial charge in [0.25, 0.3) is 11.5 Å². The first-order chi connectivity index (χ1) is 16.4. The van der Waals surface area contributed by atoms with Crippen molar-refractivity contribution in [2.45, 2.75) is 32.1 Å². The Morgan fingerprint density at radius 3 is 2.71 bits per heavy atom. The lowest BCUT2D eigenvalue weighted by Gasteiger charge is -2.19. The van der Waals surface area contributed by atoms with Crippen molar-refractivity contribution in [3.05, 3.63) is 75.5 Å². The molecule has 5 rings (SSSR count). The zero-order chi connectivity index (χ0) is 23.8. The van der Waals surface area contributed by atoms with Crippen LogP contribution in [0.5, 0.6) is 0 Å². The van der Waals surface area contributed by atoms with E-state index in [4.69, 9.17) is 0 Å². The van der Waals surface area contributed by atoms with Gasteiger partial charge in [-0.2, -0.15) is 5.10 Å². The minimum Gasteiger partial charge on any atom is -0.356 e. The lowest BCUT2D eigenvalue weighted by atomic mass is 9.92. The third kappa shape index (κ3) is 4.32. The summed E-state index contributed by atoms with van der Waals surface area (Å²) in [5.74, 6) is -0.986. The van der Waals surface area contributed by atoms with Crippen molar-refractivity contribution in [3.63, 3.8) is 0 Å². The molecule has 1 aliphatic heterocycles. The van der Waals surface area contributed by atoms with Gasteiger partial charge in [-0.05, 0) is 48.9 Å². The molecule has 1 saturated carbocycles. The van der Waals surface area contributed by atoms with Gasteiger partial charge in [-0.15, -0.1) is 0 Å². The number of carbonyl (C=O) groups is 2. The molecule has 2 aliphatic rings. The van der Waals surface area contributed by atoms with Crippen LogP contribution in [0.2, 0.25) is 0 Å². The third-order valence-corrected chi connectivity index (χ3v) is 6.96. The highest BCUT2D eigenvalue weighted by Crippen LogP contribution is 2.30. The summed E-state index contributed by atoms with van der Waals surface area (Å²) in [5.41, 5.74) is 1.07. The Balaban J connectivity index is 1.36. The van der Waals surface area contributed by atoms with E-state index in [0.717, 1.165) is 18.2 Å². The lowest BCUT2D eigenvalue weighted by molar-refractivity contribution is -0.124. The number of fused-ring (bicyclic) bond motifs is 1. The summed E-state index contributed by atoms with van der Waals surface area (Å²) in [4.78, 5) is 39.3. The molecule has 8 heteroatoms. The summed E-state index contributed by atoms with van der Waals surface area (Å²) in [7, 11) is 0. The Labute approximate surface area is 196 Å². The molecular formula is C26H27FN4O3. The molecule has 2 amide bonds. The molecule has 34 heavy (non-hydrogen) atoms. The van der Waals surface area contributed by atoms with E-state index in [1.165, 1.54) is 6.07 Å². The Morgan fingerprint density at radius 2 is 1.94 bits per heavy atom. The summed E-state index contributed by atoms with van der Waals surface area (Å²) in [6.45, 7) is 3.32. The fourth-order valence-electron chi connectivity index (χ4n) is 4.64. The number of likely N-dealkylation sites (tertiary alicyclic amines) is 1. The molecular weight excluding hydrogens is 435 g/mol. The number of carbonyl (C=O) groups excluding carboxylic acids is 2. The zero-order valence-electron chi connectivity index (χ0n) is 19.0. The largest absolute Gasteiger partial charge is 0.356 e. The average Bonchev–Trinajstić information content (AvgIpc) is 3.55. The SMILES string of the molecule is CC(c1ccc(F)c(C(=O)N2CC[C@@H](C(=O)NCC3CC3)C2)c1)c1n[nH]c(=O)c2ccccc12. The highest BCUT2D eigenvalue weighted by atomic mass is 19.1. The molecule has 1 unspecified atom stereocenters. The number of nitrogens with zero attached hydrogens (tertiary/aromatic N) is 2. The topological polar surface area (TPSA) is 95.2 Å². The van der Waals surface area contributed by atoms with Crippen LogP contribution in [-0.4, -0.2) is 46.5 Å². The Hall–Kier alpha value is -3.55. The highest BCUT2D eigenvalue weighted by molar-refractivity contribution is 5.95. The van der Waals surface area contributed by atoms with E-state index in [1.54, 1.807) is 29.2 Å². The number of benzene rings is 2. The fourth-order valence-corrected chi connectivity index (χ4v) is 4.64. The van der Waals surface area contributed by atoms with Gasteiger partial charge in [0.05, 0.1) is 22.6 Å². The predicted octanol–water partition coefficient (Wildman–Crippen LogP) is 3.20. The van der Waals surface area contributed by atoms with Crippen molar-refractivity contribution in [3.8, 4) is 0 Å². The van der Waals surface area contributed by atoms with Crippen LogP contribution in [0.15, 0.2) is 47.3 Å². The lowest BCUT2D eigenvalue weighted by Crippen LogP contribution is -2.35. The van der Waals surface area contributed by atoms with Gasteiger partial charge in [-0.25, -0.2) is 9.49 Å². The van der Waals surface area contributed by atoms with E-state index in [9.17, 15) is 18.8 Å². The van der Waals surface area contributed by atoms with E-state index in [-0.39, 0.29) is 28.9 Å². The first-order valence-electron chi connectivity index (χ1n) is 11.8. The van der Waals surface area contributed by atoms with Crippen molar-refractivity contribution >= 4 is 22.6 Å². The number of aromatic nitrogens is 2. The first kappa shape index (κ1) is 22.3. The first-order valence-corrected chi connectivity index (χ1v) is 11.8. The van der Waals surface area contributed by atoms with Crippen LogP contribution < -0.4 is 10.9 Å². The molecule has 2 heterocycles. The number of H-pyrrole nitrogens is 1. The Bertz CT molecular complexity index is 1320. The summed E-state index contributed by atoms with van der Waals surface area (Å²) in [5, 5.41) is 11.0. The van der Waals surface area contributed by atoms with Crippen LogP contribution in [0.4, 0.5) is 4.39 Å². The van der Waals surface area contributed by atoms with Gasteiger partial charge in [0.15, 0.2) is 0 Å². The maximum Gasteiger partial charge on any atom is 0.272 e. The quantitative estimate of drug-likeness (QED) is 0.588. The summed E-state index contributed by atoms with van der Waals surface area (Å²) >= 11 is 0. The van der Waals surface area contributed by atoms with Crippen LogP contribution in [0.1, 0.15) is 53.7 Å². The van der Waals surface area contributed by atoms with E-state index >= 15 is 0 Å². The van der Waals surface area contributed by atoms with Gasteiger partial charge in [-0.1, -0.05) is 31.2 Å². The van der Waals surface area contributed by atoms with Crippen LogP contribution >= 0.6 is 0 Å². The van der Waals surface area contributed by atoms with Crippen LogP contribution in [0.25, 0.3) is 10.8 Å². The monoisotopic (exact) mass is 462 g/mol. The number of rotatable bonds is 6. The molecule has 0 radical (unpaired) electrons. The van der Waals surface area contributed by atoms with Crippen LogP contribution in [-0.2, 0) is 4.79 Å². The summed E-state index contributed by atoms with van der Waals surface area (Å²) in [6.07, 6.45) is 2.90. The molecule has 1 aliphatic carbocycles. The number of amides is 2. The van der Waals surface area contributed by atoms with Gasteiger partial charge in [0.1, 0.15) is 5.82 Å². The normalized spacial score (nSPS) is 18.8. The summed E-state index contributed by atoms with van der Waals surface area (Å²) < 4.78 is 14.7. The van der Waals surface area contributed by atoms with Gasteiger partial charge in [-0.3, -0.25) is 14.4 Å². The second-order valence-corrected chi connectivity index (χ2v) is 9.37. The number of nitrogens with one attached hydrogen (secondary N) is 2. The van der Waals surface area contributed by atoms with Crippen molar-refractivity contribution in [1.82, 2.24) is 20.4 Å². The zero-order valence-corrected chi connectivity index (χ0v) is 19.0. The second kappa shape index (κ2) is 9.00. The highest BCUT2D eigenvalue weighted by Gasteiger charge is 2.33. The van der Waals surface area contributed by atoms with Crippen molar-refractivity contribution in [2.24, 2.45) is 11.8 Å². The predicted molar refractivity (Wildman–Crippen MR) is 126 cm³/mol. The van der Waals surface area contributed by atoms with Gasteiger partial charge >= 0.3 is 0 Å². The molecule has 2 fully saturated rings. The van der Waals surface area contributed by atoms with Gasteiger partial charge in [0.2, 0.25) is 5.91 Å². The maximum absolute atomic E-state index is 14.7. The minimum atomic E-state index is -0.595. The summed E-state index contributed by atoms with van der Waals surface area (Å²) in [6, 6.07) is 11.7. The average molecular weight is 463 g/mol. The van der Waals surface area contributed by atoms with Gasteiger partial charge < -0.3 is 10.2 Å². The molecule has 0 spiro atoms. The molecule has 2 aromatic carbocycles. The molecule has 0 bridgehead atoms. The van der Waals surface area contributed by atoms with E-state index in [1.807, 2.05) is 19.1 Å². The molecule has 3 aromatic rings. The molecule has 2 atom stereocenters. The standard InChI is InChI=1S/C26H27FN4O3/c1-15(23-19-4-2-3-5-20(19)25(33)30-29-23)17-8-9-22(27)21(12-17)26(34)31-11-10-18(14-31)24(32)28-13-16-6-7-16/h2-5,8-9,12,15-16,18H,6-7,10-11,13-14H2,1H3,(H,28,32)(H,30,33)/t15?,18-/m1/s1. The maximum atomic E-state index is 14.7. The minimum absolute atomic E-state index is 0.0166. The molecule has 176 valence electrons. The smallest absolute Gasteiger partial charge is 0.272 e. The van der Waals surface area contributed by atoms with Gasteiger partial charge in [0, 0.05) is 30.9 Å². The number of hydrogen-bond acceptors (Lipinski definition) is 4. The molecule has 2 N–H and O–H groups in total. The third-order valence-electron chi connectivity index (χ3n) is 6.96. The number of halogens is 1.